The number of carbonyl (C=O) groups excluding carboxylic acids is 1. The molecule has 0 aromatic heterocycles. The molecule has 0 bridgehead atoms. The molecule has 8 aromatic carbocycles. The van der Waals surface area contributed by atoms with Gasteiger partial charge in [-0.3, -0.25) is 0 Å². The lowest BCUT2D eigenvalue weighted by atomic mass is 9.95. The summed E-state index contributed by atoms with van der Waals surface area (Å²) in [6, 6.07) is 28.9. The quantitative estimate of drug-likeness (QED) is 0.0525. The standard InChI is InChI=1S/C31H2F20O5.C19H17OS/c32-6-5(7(33)9(35)10(36)8(6)34)4-2(31(52)53)1-3(54-28-20(46)14(40)11(37)15(41)21(28)47)26(55-29-22(48)16(42)12(38)17(43)23(29)49)27(4)56-30-24(50)18(44)13(39)19(45)25(30)51;1-20-16-9-8-14-19(15-16)21(17-10-4-2-5-11-17)18-12-6-3-7-13-18/h1H,(H,52,53);2-15H,1H3/q;+1/p-1. The SMILES string of the molecule is COc1cccc([S+](c2ccccc2)c2ccccc2)c1.O=C([O-])c1cc(Oc2c(F)c(F)c(F)c(F)c2F)c(Oc2c(F)c(F)c(F)c(F)c2F)c(Oc2c(F)c(F)c(F)c(F)c2F)c1-c1c(F)c(F)c(F)c(F)c1F. The van der Waals surface area contributed by atoms with E-state index in [1.807, 2.05) is 6.07 Å². The second kappa shape index (κ2) is 22.3. The van der Waals surface area contributed by atoms with E-state index in [9.17, 15) is 88.9 Å². The van der Waals surface area contributed by atoms with Crippen molar-refractivity contribution in [3.05, 3.63) is 213 Å². The van der Waals surface area contributed by atoms with E-state index >= 15 is 8.78 Å². The summed E-state index contributed by atoms with van der Waals surface area (Å²) in [4.78, 5) is 16.2. The first-order valence-corrected chi connectivity index (χ1v) is 21.6. The highest BCUT2D eigenvalue weighted by molar-refractivity contribution is 7.97. The summed E-state index contributed by atoms with van der Waals surface area (Å²) >= 11 is 0. The van der Waals surface area contributed by atoms with Gasteiger partial charge < -0.3 is 28.8 Å². The monoisotopic (exact) mass is 1130 g/mol. The Balaban J connectivity index is 0.000000339. The van der Waals surface area contributed by atoms with Crippen LogP contribution < -0.4 is 24.1 Å². The van der Waals surface area contributed by atoms with Crippen molar-refractivity contribution < 1.29 is 117 Å². The second-order valence-electron chi connectivity index (χ2n) is 14.8. The number of benzene rings is 8. The van der Waals surface area contributed by atoms with Crippen molar-refractivity contribution in [3.63, 3.8) is 0 Å². The third kappa shape index (κ3) is 10.3. The Kier molecular flexibility index (Phi) is 16.3. The van der Waals surface area contributed by atoms with E-state index in [0.717, 1.165) is 5.75 Å². The normalized spacial score (nSPS) is 11.1. The van der Waals surface area contributed by atoms with Gasteiger partial charge in [-0.25, -0.2) is 61.5 Å². The molecular formula is C50H18F20O6S. The van der Waals surface area contributed by atoms with Gasteiger partial charge >= 0.3 is 0 Å². The molecule has 0 saturated carbocycles. The van der Waals surface area contributed by atoms with Crippen LogP contribution in [0, 0.1) is 116 Å². The second-order valence-corrected chi connectivity index (χ2v) is 16.8. The lowest BCUT2D eigenvalue weighted by Crippen LogP contribution is -2.24. The first kappa shape index (κ1) is 56.1. The molecule has 0 atom stereocenters. The molecule has 8 aromatic rings. The molecule has 0 radical (unpaired) electrons. The molecule has 0 N–H and O–H groups in total. The van der Waals surface area contributed by atoms with Crippen LogP contribution in [0.25, 0.3) is 11.1 Å². The van der Waals surface area contributed by atoms with E-state index in [-0.39, 0.29) is 10.9 Å². The average molecular weight is 1130 g/mol. The van der Waals surface area contributed by atoms with Crippen molar-refractivity contribution in [1.82, 2.24) is 0 Å². The number of methoxy groups -OCH3 is 1. The molecule has 0 unspecified atom stereocenters. The van der Waals surface area contributed by atoms with Gasteiger partial charge in [0, 0.05) is 17.2 Å². The van der Waals surface area contributed by atoms with Crippen molar-refractivity contribution in [2.24, 2.45) is 0 Å². The highest BCUT2D eigenvalue weighted by Gasteiger charge is 2.39. The zero-order valence-corrected chi connectivity index (χ0v) is 37.9. The Morgan fingerprint density at radius 1 is 0.351 bits per heavy atom. The van der Waals surface area contributed by atoms with Gasteiger partial charge in [-0.05, 0) is 42.5 Å². The molecule has 27 heteroatoms. The van der Waals surface area contributed by atoms with Gasteiger partial charge in [0.2, 0.25) is 116 Å². The first-order valence-electron chi connectivity index (χ1n) is 20.4. The summed E-state index contributed by atoms with van der Waals surface area (Å²) in [5.41, 5.74) is -7.70. The third-order valence-electron chi connectivity index (χ3n) is 10.2. The van der Waals surface area contributed by atoms with Crippen molar-refractivity contribution in [2.45, 2.75) is 14.7 Å². The number of carboxylic acid groups (broad SMARTS) is 1. The van der Waals surface area contributed by atoms with Crippen LogP contribution in [0.2, 0.25) is 0 Å². The van der Waals surface area contributed by atoms with E-state index in [1.165, 1.54) is 14.7 Å². The smallest absolute Gasteiger partial charge is 0.213 e. The maximum Gasteiger partial charge on any atom is 0.213 e. The van der Waals surface area contributed by atoms with Crippen molar-refractivity contribution >= 4 is 16.9 Å². The minimum absolute atomic E-state index is 0.107. The molecule has 0 spiro atoms. The molecule has 0 saturated heterocycles. The number of rotatable bonds is 12. The van der Waals surface area contributed by atoms with Crippen LogP contribution in [0.3, 0.4) is 0 Å². The number of halogens is 20. The van der Waals surface area contributed by atoms with E-state index in [2.05, 4.69) is 93.1 Å². The molecule has 0 amide bonds. The van der Waals surface area contributed by atoms with Crippen LogP contribution in [-0.4, -0.2) is 13.1 Å². The van der Waals surface area contributed by atoms with Crippen molar-refractivity contribution in [1.29, 1.82) is 0 Å². The van der Waals surface area contributed by atoms with Gasteiger partial charge in [-0.1, -0.05) is 42.5 Å². The van der Waals surface area contributed by atoms with Gasteiger partial charge in [0.1, 0.15) is 5.75 Å². The molecule has 0 aliphatic rings. The van der Waals surface area contributed by atoms with Crippen LogP contribution in [0.4, 0.5) is 87.8 Å². The molecule has 77 heavy (non-hydrogen) atoms. The van der Waals surface area contributed by atoms with Gasteiger partial charge in [0.05, 0.1) is 29.5 Å². The predicted molar refractivity (Wildman–Crippen MR) is 223 cm³/mol. The fraction of sp³-hybridized carbons (Fsp3) is 0.0200. The van der Waals surface area contributed by atoms with Crippen LogP contribution in [0.5, 0.6) is 40.2 Å². The first-order chi connectivity index (χ1) is 36.3. The lowest BCUT2D eigenvalue weighted by molar-refractivity contribution is -0.255. The number of ether oxygens (including phenoxy) is 4. The highest BCUT2D eigenvalue weighted by atomic mass is 32.2. The zero-order valence-electron chi connectivity index (χ0n) is 37.1. The lowest BCUT2D eigenvalue weighted by Gasteiger charge is -2.24. The van der Waals surface area contributed by atoms with Crippen molar-refractivity contribution in [2.75, 3.05) is 7.11 Å². The predicted octanol–water partition coefficient (Wildman–Crippen LogP) is 14.7. The maximum absolute atomic E-state index is 15.2. The topological polar surface area (TPSA) is 77.1 Å². The Hall–Kier alpha value is -8.62. The van der Waals surface area contributed by atoms with E-state index in [1.54, 1.807) is 7.11 Å². The van der Waals surface area contributed by atoms with E-state index in [0.29, 0.717) is 0 Å². The molecule has 6 nitrogen and oxygen atoms in total. The summed E-state index contributed by atoms with van der Waals surface area (Å²) in [6.45, 7) is 0. The molecule has 0 aliphatic heterocycles. The molecule has 0 aliphatic carbocycles. The van der Waals surface area contributed by atoms with Gasteiger partial charge in [0.15, 0.2) is 49.5 Å². The van der Waals surface area contributed by atoms with Gasteiger partial charge in [-0.15, -0.1) is 0 Å². The summed E-state index contributed by atoms with van der Waals surface area (Å²) in [7, 11) is 1.60. The van der Waals surface area contributed by atoms with Crippen LogP contribution in [0.15, 0.2) is 106 Å². The third-order valence-corrected chi connectivity index (χ3v) is 12.5. The van der Waals surface area contributed by atoms with Gasteiger partial charge in [0.25, 0.3) is 0 Å². The maximum atomic E-state index is 15.2. The van der Waals surface area contributed by atoms with E-state index < -0.39 is 180 Å². The summed E-state index contributed by atoms with van der Waals surface area (Å²) in [5, 5.41) is 12.3. The number of carbonyl (C=O) groups is 1. The fourth-order valence-electron chi connectivity index (χ4n) is 6.71. The average Bonchev–Trinajstić information content (AvgIpc) is 3.46. The number of carboxylic acids is 1. The summed E-state index contributed by atoms with van der Waals surface area (Å²) in [5.74, 6) is -80.3. The van der Waals surface area contributed by atoms with Gasteiger partial charge in [-0.2, -0.15) is 26.3 Å². The number of hydrogen-bond acceptors (Lipinski definition) is 6. The zero-order chi connectivity index (χ0) is 56.6. The van der Waals surface area contributed by atoms with Crippen LogP contribution >= 0.6 is 0 Å². The Bertz CT molecular complexity index is 3510. The van der Waals surface area contributed by atoms with Crippen LogP contribution in [0.1, 0.15) is 10.4 Å². The number of hydrogen-bond donors (Lipinski definition) is 0. The molecule has 0 fully saturated rings. The largest absolute Gasteiger partial charge is 0.545 e. The van der Waals surface area contributed by atoms with E-state index in [4.69, 9.17) is 4.74 Å². The minimum Gasteiger partial charge on any atom is -0.545 e. The molecular weight excluding hydrogens is 1110 g/mol. The fourth-order valence-corrected chi connectivity index (χ4v) is 8.83. The summed E-state index contributed by atoms with van der Waals surface area (Å²) in [6.07, 6.45) is 0. The Morgan fingerprint density at radius 2 is 0.675 bits per heavy atom. The highest BCUT2D eigenvalue weighted by Crippen LogP contribution is 2.55. The molecule has 0 heterocycles. The van der Waals surface area contributed by atoms with Crippen molar-refractivity contribution in [3.8, 4) is 51.4 Å². The summed E-state index contributed by atoms with van der Waals surface area (Å²) < 4.78 is 307. The number of aromatic carboxylic acids is 1. The minimum atomic E-state index is -3.17. The Labute approximate surface area is 418 Å². The molecule has 8 rings (SSSR count). The Morgan fingerprint density at radius 3 is 1.04 bits per heavy atom. The molecule has 400 valence electrons. The van der Waals surface area contributed by atoms with Crippen LogP contribution in [-0.2, 0) is 10.9 Å².